The Kier molecular flexibility index (Phi) is 3.57. The van der Waals surface area contributed by atoms with E-state index >= 15 is 0 Å². The van der Waals surface area contributed by atoms with E-state index < -0.39 is 5.78 Å². The lowest BCUT2D eigenvalue weighted by atomic mass is 10.1. The fraction of sp³-hybridized carbons (Fsp3) is 0.182. The van der Waals surface area contributed by atoms with E-state index in [1.807, 2.05) is 6.07 Å². The standard InChI is InChI=1S/C11H9NO2/c12-7-10-3-1-9(2-4-10)5-6-11(14)8-13/h1-4,8H,5-6H2. The molecule has 1 aromatic carbocycles. The van der Waals surface area contributed by atoms with Crippen molar-refractivity contribution >= 4 is 12.1 Å². The van der Waals surface area contributed by atoms with Gasteiger partial charge in [-0.05, 0) is 24.1 Å². The SMILES string of the molecule is N#Cc1ccc(CCC(=O)C=O)cc1. The van der Waals surface area contributed by atoms with Crippen molar-refractivity contribution in [2.75, 3.05) is 0 Å². The van der Waals surface area contributed by atoms with Gasteiger partial charge in [-0.15, -0.1) is 0 Å². The van der Waals surface area contributed by atoms with E-state index in [9.17, 15) is 9.59 Å². The Balaban J connectivity index is 2.57. The number of Topliss-reactive ketones (excluding diaryl/α,β-unsaturated/α-hetero) is 1. The van der Waals surface area contributed by atoms with Crippen LogP contribution in [-0.2, 0) is 16.0 Å². The topological polar surface area (TPSA) is 57.9 Å². The second-order valence-electron chi connectivity index (χ2n) is 2.89. The summed E-state index contributed by atoms with van der Waals surface area (Å²) in [6, 6.07) is 8.97. The molecule has 1 aromatic rings. The smallest absolute Gasteiger partial charge is 0.195 e. The molecule has 1 rings (SSSR count). The lowest BCUT2D eigenvalue weighted by molar-refractivity contribution is -0.129. The van der Waals surface area contributed by atoms with Gasteiger partial charge in [-0.25, -0.2) is 0 Å². The number of carbonyl (C=O) groups is 2. The minimum atomic E-state index is -0.394. The molecule has 0 bridgehead atoms. The number of ketones is 1. The molecule has 0 aliphatic rings. The number of nitriles is 1. The van der Waals surface area contributed by atoms with Crippen LogP contribution in [0.1, 0.15) is 17.5 Å². The van der Waals surface area contributed by atoms with E-state index in [2.05, 4.69) is 0 Å². The van der Waals surface area contributed by atoms with E-state index in [1.165, 1.54) is 0 Å². The zero-order valence-electron chi connectivity index (χ0n) is 7.56. The Hall–Kier alpha value is -1.95. The summed E-state index contributed by atoms with van der Waals surface area (Å²) in [7, 11) is 0. The largest absolute Gasteiger partial charge is 0.295 e. The monoisotopic (exact) mass is 187 g/mol. The first kappa shape index (κ1) is 10.1. The summed E-state index contributed by atoms with van der Waals surface area (Å²) >= 11 is 0. The summed E-state index contributed by atoms with van der Waals surface area (Å²) in [4.78, 5) is 20.7. The van der Waals surface area contributed by atoms with Crippen LogP contribution in [-0.4, -0.2) is 12.1 Å². The van der Waals surface area contributed by atoms with E-state index in [0.29, 0.717) is 18.3 Å². The third kappa shape index (κ3) is 2.83. The van der Waals surface area contributed by atoms with E-state index in [-0.39, 0.29) is 6.42 Å². The van der Waals surface area contributed by atoms with Crippen molar-refractivity contribution in [2.24, 2.45) is 0 Å². The number of rotatable bonds is 4. The molecule has 0 aliphatic heterocycles. The molecule has 0 fully saturated rings. The van der Waals surface area contributed by atoms with Gasteiger partial charge in [-0.2, -0.15) is 5.26 Å². The Labute approximate surface area is 82.0 Å². The number of carbonyl (C=O) groups excluding carboxylic acids is 2. The van der Waals surface area contributed by atoms with Crippen molar-refractivity contribution in [1.82, 2.24) is 0 Å². The summed E-state index contributed by atoms with van der Waals surface area (Å²) in [6.45, 7) is 0. The van der Waals surface area contributed by atoms with Crippen LogP contribution in [0.4, 0.5) is 0 Å². The average molecular weight is 187 g/mol. The maximum absolute atomic E-state index is 10.7. The molecular weight excluding hydrogens is 178 g/mol. The first-order chi connectivity index (χ1) is 6.76. The Morgan fingerprint density at radius 1 is 1.36 bits per heavy atom. The zero-order valence-corrected chi connectivity index (χ0v) is 7.56. The maximum atomic E-state index is 10.7. The number of aldehydes is 1. The molecule has 70 valence electrons. The fourth-order valence-corrected chi connectivity index (χ4v) is 1.07. The normalized spacial score (nSPS) is 9.07. The predicted octanol–water partition coefficient (Wildman–Crippen LogP) is 1.26. The first-order valence-electron chi connectivity index (χ1n) is 4.23. The maximum Gasteiger partial charge on any atom is 0.195 e. The van der Waals surface area contributed by atoms with E-state index in [1.54, 1.807) is 24.3 Å². The van der Waals surface area contributed by atoms with E-state index in [0.717, 1.165) is 5.56 Å². The molecular formula is C11H9NO2. The molecule has 0 radical (unpaired) electrons. The third-order valence-electron chi connectivity index (χ3n) is 1.87. The lowest BCUT2D eigenvalue weighted by Crippen LogP contribution is -2.00. The molecule has 0 spiro atoms. The molecule has 0 heterocycles. The molecule has 0 N–H and O–H groups in total. The minimum Gasteiger partial charge on any atom is -0.295 e. The first-order valence-corrected chi connectivity index (χ1v) is 4.23. The molecule has 3 heteroatoms. The van der Waals surface area contributed by atoms with Gasteiger partial charge >= 0.3 is 0 Å². The van der Waals surface area contributed by atoms with Crippen molar-refractivity contribution < 1.29 is 9.59 Å². The average Bonchev–Trinajstić information content (AvgIpc) is 2.26. The molecule has 0 unspecified atom stereocenters. The highest BCUT2D eigenvalue weighted by atomic mass is 16.2. The molecule has 14 heavy (non-hydrogen) atoms. The summed E-state index contributed by atoms with van der Waals surface area (Å²) < 4.78 is 0. The highest BCUT2D eigenvalue weighted by molar-refractivity contribution is 6.24. The van der Waals surface area contributed by atoms with Gasteiger partial charge < -0.3 is 0 Å². The van der Waals surface area contributed by atoms with Gasteiger partial charge in [0.2, 0.25) is 0 Å². The quantitative estimate of drug-likeness (QED) is 0.526. The van der Waals surface area contributed by atoms with Gasteiger partial charge in [-0.1, -0.05) is 12.1 Å². The van der Waals surface area contributed by atoms with Gasteiger partial charge in [0.05, 0.1) is 11.6 Å². The fourth-order valence-electron chi connectivity index (χ4n) is 1.07. The Bertz CT molecular complexity index is 373. The highest BCUT2D eigenvalue weighted by Crippen LogP contribution is 2.05. The number of benzene rings is 1. The van der Waals surface area contributed by atoms with E-state index in [4.69, 9.17) is 5.26 Å². The Morgan fingerprint density at radius 3 is 2.50 bits per heavy atom. The van der Waals surface area contributed by atoms with Gasteiger partial charge in [0.15, 0.2) is 12.1 Å². The zero-order chi connectivity index (χ0) is 10.4. The lowest BCUT2D eigenvalue weighted by Gasteiger charge is -1.97. The predicted molar refractivity (Wildman–Crippen MR) is 50.5 cm³/mol. The number of nitrogens with zero attached hydrogens (tertiary/aromatic N) is 1. The highest BCUT2D eigenvalue weighted by Gasteiger charge is 2.00. The number of hydrogen-bond donors (Lipinski definition) is 0. The molecule has 0 atom stereocenters. The second-order valence-corrected chi connectivity index (χ2v) is 2.89. The van der Waals surface area contributed by atoms with Crippen LogP contribution in [0.25, 0.3) is 0 Å². The molecule has 0 aliphatic carbocycles. The Morgan fingerprint density at radius 2 is 2.00 bits per heavy atom. The van der Waals surface area contributed by atoms with Crippen LogP contribution >= 0.6 is 0 Å². The van der Waals surface area contributed by atoms with Crippen molar-refractivity contribution in [3.63, 3.8) is 0 Å². The molecule has 0 amide bonds. The van der Waals surface area contributed by atoms with Crippen LogP contribution < -0.4 is 0 Å². The summed E-state index contributed by atoms with van der Waals surface area (Å²) in [6.07, 6.45) is 1.11. The van der Waals surface area contributed by atoms with Gasteiger partial charge in [0, 0.05) is 6.42 Å². The van der Waals surface area contributed by atoms with Crippen LogP contribution in [0.15, 0.2) is 24.3 Å². The number of hydrogen-bond acceptors (Lipinski definition) is 3. The van der Waals surface area contributed by atoms with Crippen LogP contribution in [0.3, 0.4) is 0 Å². The second kappa shape index (κ2) is 4.93. The van der Waals surface area contributed by atoms with Crippen LogP contribution in [0.2, 0.25) is 0 Å². The molecule has 0 saturated carbocycles. The summed E-state index contributed by atoms with van der Waals surface area (Å²) in [5.74, 6) is -0.394. The molecule has 0 aromatic heterocycles. The van der Waals surface area contributed by atoms with Crippen molar-refractivity contribution in [1.29, 1.82) is 5.26 Å². The minimum absolute atomic E-state index is 0.232. The van der Waals surface area contributed by atoms with Crippen LogP contribution in [0.5, 0.6) is 0 Å². The molecule has 3 nitrogen and oxygen atoms in total. The molecule has 0 saturated heterocycles. The van der Waals surface area contributed by atoms with Crippen LogP contribution in [0, 0.1) is 11.3 Å². The summed E-state index contributed by atoms with van der Waals surface area (Å²) in [5, 5.41) is 8.53. The van der Waals surface area contributed by atoms with Crippen molar-refractivity contribution in [2.45, 2.75) is 12.8 Å². The number of aryl methyl sites for hydroxylation is 1. The summed E-state index contributed by atoms with van der Waals surface area (Å²) in [5.41, 5.74) is 1.55. The van der Waals surface area contributed by atoms with Crippen molar-refractivity contribution in [3.8, 4) is 6.07 Å². The van der Waals surface area contributed by atoms with Gasteiger partial charge in [0.25, 0.3) is 0 Å². The van der Waals surface area contributed by atoms with Gasteiger partial charge in [-0.3, -0.25) is 9.59 Å². The third-order valence-corrected chi connectivity index (χ3v) is 1.87. The van der Waals surface area contributed by atoms with Crippen molar-refractivity contribution in [3.05, 3.63) is 35.4 Å². The van der Waals surface area contributed by atoms with Gasteiger partial charge in [0.1, 0.15) is 0 Å².